The normalized spacial score (nSPS) is 9.59. The number of halogens is 1. The molecule has 0 spiro atoms. The Balaban J connectivity index is 0.000000235. The number of hydrogen-bond acceptors (Lipinski definition) is 4. The van der Waals surface area contributed by atoms with Crippen molar-refractivity contribution >= 4 is 17.6 Å². The average Bonchev–Trinajstić information content (AvgIpc) is 2.50. The molecular weight excluding hydrogens is 304 g/mol. The summed E-state index contributed by atoms with van der Waals surface area (Å²) in [5, 5.41) is 18.8. The van der Waals surface area contributed by atoms with E-state index in [1.807, 2.05) is 13.8 Å². The van der Waals surface area contributed by atoms with Crippen LogP contribution >= 0.6 is 11.6 Å². The summed E-state index contributed by atoms with van der Waals surface area (Å²) in [6.07, 6.45) is 0.777. The molecule has 0 unspecified atom stereocenters. The molecule has 0 bridgehead atoms. The van der Waals surface area contributed by atoms with Crippen molar-refractivity contribution < 1.29 is 19.7 Å². The smallest absolute Gasteiger partial charge is 0.341 e. The van der Waals surface area contributed by atoms with Crippen molar-refractivity contribution in [3.63, 3.8) is 0 Å². The van der Waals surface area contributed by atoms with E-state index in [0.29, 0.717) is 11.6 Å². The highest BCUT2D eigenvalue weighted by atomic mass is 35.5. The van der Waals surface area contributed by atoms with E-state index in [-0.39, 0.29) is 17.1 Å². The van der Waals surface area contributed by atoms with Gasteiger partial charge in [-0.1, -0.05) is 30.7 Å². The van der Waals surface area contributed by atoms with Gasteiger partial charge in [-0.3, -0.25) is 0 Å². The van der Waals surface area contributed by atoms with Crippen molar-refractivity contribution in [1.82, 2.24) is 0 Å². The summed E-state index contributed by atoms with van der Waals surface area (Å²) >= 11 is 5.67. The van der Waals surface area contributed by atoms with E-state index in [1.54, 1.807) is 30.3 Å². The van der Waals surface area contributed by atoms with Crippen LogP contribution in [0.5, 0.6) is 11.5 Å². The molecule has 0 fully saturated rings. The first-order valence-corrected chi connectivity index (χ1v) is 7.23. The fourth-order valence-corrected chi connectivity index (χ4v) is 1.67. The van der Waals surface area contributed by atoms with Crippen LogP contribution in [-0.2, 0) is 4.74 Å². The van der Waals surface area contributed by atoms with E-state index >= 15 is 0 Å². The van der Waals surface area contributed by atoms with Gasteiger partial charge in [0.2, 0.25) is 0 Å². The fraction of sp³-hybridized carbons (Fsp3) is 0.235. The summed E-state index contributed by atoms with van der Waals surface area (Å²) in [6, 6.07) is 11.2. The Bertz CT molecular complexity index is 626. The number of rotatable bonds is 3. The number of ether oxygens (including phenoxy) is 1. The maximum atomic E-state index is 11.2. The highest BCUT2D eigenvalue weighted by Crippen LogP contribution is 2.19. The SMILES string of the molecule is CCCOC(=O)c1ccccc1O.Cc1cc(O)ccc1Cl. The number of benzene rings is 2. The van der Waals surface area contributed by atoms with Crippen molar-refractivity contribution in [3.8, 4) is 11.5 Å². The summed E-state index contributed by atoms with van der Waals surface area (Å²) in [7, 11) is 0. The van der Waals surface area contributed by atoms with Crippen LogP contribution in [0.1, 0.15) is 29.3 Å². The first-order chi connectivity index (χ1) is 10.5. The maximum Gasteiger partial charge on any atom is 0.341 e. The number of aryl methyl sites for hydroxylation is 1. The third-order valence-electron chi connectivity index (χ3n) is 2.70. The first-order valence-electron chi connectivity index (χ1n) is 6.86. The van der Waals surface area contributed by atoms with Crippen molar-refractivity contribution in [1.29, 1.82) is 0 Å². The summed E-state index contributed by atoms with van der Waals surface area (Å²) in [6.45, 7) is 4.15. The minimum Gasteiger partial charge on any atom is -0.508 e. The molecule has 0 atom stereocenters. The molecule has 0 aliphatic carbocycles. The molecule has 0 aliphatic heterocycles. The van der Waals surface area contributed by atoms with E-state index in [4.69, 9.17) is 21.4 Å². The summed E-state index contributed by atoms with van der Waals surface area (Å²) in [4.78, 5) is 11.2. The van der Waals surface area contributed by atoms with Gasteiger partial charge >= 0.3 is 5.97 Å². The Morgan fingerprint density at radius 1 is 1.18 bits per heavy atom. The predicted molar refractivity (Wildman–Crippen MR) is 86.5 cm³/mol. The van der Waals surface area contributed by atoms with E-state index in [2.05, 4.69) is 0 Å². The van der Waals surface area contributed by atoms with Crippen molar-refractivity contribution in [3.05, 3.63) is 58.6 Å². The van der Waals surface area contributed by atoms with Crippen LogP contribution in [0.2, 0.25) is 5.02 Å². The number of esters is 1. The van der Waals surface area contributed by atoms with Gasteiger partial charge in [0.25, 0.3) is 0 Å². The summed E-state index contributed by atoms with van der Waals surface area (Å²) in [5.41, 5.74) is 1.12. The molecule has 2 aromatic carbocycles. The van der Waals surface area contributed by atoms with E-state index in [1.165, 1.54) is 12.1 Å². The van der Waals surface area contributed by atoms with Crippen molar-refractivity contribution in [2.24, 2.45) is 0 Å². The highest BCUT2D eigenvalue weighted by Gasteiger charge is 2.10. The summed E-state index contributed by atoms with van der Waals surface area (Å²) < 4.78 is 4.86. The van der Waals surface area contributed by atoms with Gasteiger partial charge in [0.1, 0.15) is 17.1 Å². The molecule has 0 aromatic heterocycles. The predicted octanol–water partition coefficient (Wildman–Crippen LogP) is 4.31. The summed E-state index contributed by atoms with van der Waals surface area (Å²) in [5.74, 6) is -0.250. The van der Waals surface area contributed by atoms with Gasteiger partial charge in [0.05, 0.1) is 6.61 Å². The zero-order valence-electron chi connectivity index (χ0n) is 12.5. The van der Waals surface area contributed by atoms with Gasteiger partial charge in [0.15, 0.2) is 0 Å². The molecule has 0 amide bonds. The Morgan fingerprint density at radius 2 is 1.86 bits per heavy atom. The van der Waals surface area contributed by atoms with Gasteiger partial charge in [-0.2, -0.15) is 0 Å². The number of carbonyl (C=O) groups is 1. The molecule has 0 aliphatic rings. The van der Waals surface area contributed by atoms with Gasteiger partial charge in [-0.05, 0) is 49.2 Å². The van der Waals surface area contributed by atoms with E-state index in [0.717, 1.165) is 12.0 Å². The van der Waals surface area contributed by atoms with Crippen LogP contribution < -0.4 is 0 Å². The fourth-order valence-electron chi connectivity index (χ4n) is 1.55. The van der Waals surface area contributed by atoms with Crippen LogP contribution in [0.15, 0.2) is 42.5 Å². The molecule has 118 valence electrons. The number of carbonyl (C=O) groups excluding carboxylic acids is 1. The molecule has 5 heteroatoms. The van der Waals surface area contributed by atoms with Gasteiger partial charge < -0.3 is 14.9 Å². The minimum atomic E-state index is -0.472. The van der Waals surface area contributed by atoms with E-state index < -0.39 is 5.97 Å². The second-order valence-electron chi connectivity index (χ2n) is 4.59. The topological polar surface area (TPSA) is 66.8 Å². The van der Waals surface area contributed by atoms with Gasteiger partial charge in [-0.25, -0.2) is 4.79 Å². The molecule has 22 heavy (non-hydrogen) atoms. The van der Waals surface area contributed by atoms with Crippen LogP contribution in [0, 0.1) is 6.92 Å². The lowest BCUT2D eigenvalue weighted by atomic mass is 10.2. The van der Waals surface area contributed by atoms with Crippen LogP contribution in [-0.4, -0.2) is 22.8 Å². The second-order valence-corrected chi connectivity index (χ2v) is 4.99. The Kier molecular flexibility index (Phi) is 7.26. The molecule has 2 N–H and O–H groups in total. The van der Waals surface area contributed by atoms with E-state index in [9.17, 15) is 9.90 Å². The molecular formula is C17H19ClO4. The van der Waals surface area contributed by atoms with Crippen molar-refractivity contribution in [2.45, 2.75) is 20.3 Å². The molecule has 0 heterocycles. The number of hydrogen-bond donors (Lipinski definition) is 2. The number of phenols is 2. The number of phenolic OH excluding ortho intramolecular Hbond substituents is 2. The van der Waals surface area contributed by atoms with Crippen LogP contribution in [0.4, 0.5) is 0 Å². The lowest BCUT2D eigenvalue weighted by molar-refractivity contribution is 0.0502. The van der Waals surface area contributed by atoms with Gasteiger partial charge in [-0.15, -0.1) is 0 Å². The molecule has 0 radical (unpaired) electrons. The second kappa shape index (κ2) is 8.95. The maximum absolute atomic E-state index is 11.2. The largest absolute Gasteiger partial charge is 0.508 e. The monoisotopic (exact) mass is 322 g/mol. The minimum absolute atomic E-state index is 0.0383. The quantitative estimate of drug-likeness (QED) is 0.826. The standard InChI is InChI=1S/C10H12O3.C7H7ClO/c1-2-7-13-10(12)8-5-3-4-6-9(8)11;1-5-4-6(9)2-3-7(5)8/h3-6,11H,2,7H2,1H3;2-4,9H,1H3. The molecule has 2 rings (SSSR count). The van der Waals surface area contributed by atoms with Crippen molar-refractivity contribution in [2.75, 3.05) is 6.61 Å². The van der Waals surface area contributed by atoms with Crippen LogP contribution in [0.25, 0.3) is 0 Å². The molecule has 0 saturated carbocycles. The number of aromatic hydroxyl groups is 2. The molecule has 0 saturated heterocycles. The Hall–Kier alpha value is -2.20. The third kappa shape index (κ3) is 5.66. The van der Waals surface area contributed by atoms with Gasteiger partial charge in [0, 0.05) is 5.02 Å². The van der Waals surface area contributed by atoms with Crippen LogP contribution in [0.3, 0.4) is 0 Å². The first kappa shape index (κ1) is 17.9. The lowest BCUT2D eigenvalue weighted by Gasteiger charge is -2.03. The third-order valence-corrected chi connectivity index (χ3v) is 3.13. The highest BCUT2D eigenvalue weighted by molar-refractivity contribution is 6.31. The Labute approximate surface area is 134 Å². The lowest BCUT2D eigenvalue weighted by Crippen LogP contribution is -2.05. The molecule has 4 nitrogen and oxygen atoms in total. The zero-order chi connectivity index (χ0) is 16.5. The molecule has 2 aromatic rings. The Morgan fingerprint density at radius 3 is 2.41 bits per heavy atom. The number of para-hydroxylation sites is 1. The average molecular weight is 323 g/mol. The zero-order valence-corrected chi connectivity index (χ0v) is 13.3.